The van der Waals surface area contributed by atoms with Crippen molar-refractivity contribution < 1.29 is 19.1 Å². The zero-order chi connectivity index (χ0) is 13.8. The fourth-order valence-corrected chi connectivity index (χ4v) is 2.54. The Morgan fingerprint density at radius 3 is 2.32 bits per heavy atom. The van der Waals surface area contributed by atoms with Gasteiger partial charge < -0.3 is 14.8 Å². The second-order valence-corrected chi connectivity index (χ2v) is 4.48. The van der Waals surface area contributed by atoms with Crippen LogP contribution < -0.4 is 5.32 Å². The van der Waals surface area contributed by atoms with Gasteiger partial charge in [-0.2, -0.15) is 0 Å². The van der Waals surface area contributed by atoms with Gasteiger partial charge in [0.2, 0.25) is 0 Å². The molecule has 0 saturated carbocycles. The van der Waals surface area contributed by atoms with E-state index in [0.29, 0.717) is 6.54 Å². The van der Waals surface area contributed by atoms with Crippen molar-refractivity contribution in [1.29, 1.82) is 0 Å². The smallest absolute Gasteiger partial charge is 0.311 e. The summed E-state index contributed by atoms with van der Waals surface area (Å²) >= 11 is 0. The molecule has 1 heterocycles. The summed E-state index contributed by atoms with van der Waals surface area (Å²) in [7, 11) is 2.66. The molecule has 0 radical (unpaired) electrons. The van der Waals surface area contributed by atoms with Crippen molar-refractivity contribution in [2.75, 3.05) is 20.8 Å². The molecule has 0 amide bonds. The lowest BCUT2D eigenvalue weighted by Crippen LogP contribution is -2.31. The molecule has 1 fully saturated rings. The molecule has 3 atom stereocenters. The quantitative estimate of drug-likeness (QED) is 0.821. The van der Waals surface area contributed by atoms with Crippen LogP contribution in [0.1, 0.15) is 11.6 Å². The molecule has 0 aromatic heterocycles. The molecule has 19 heavy (non-hydrogen) atoms. The fourth-order valence-electron chi connectivity index (χ4n) is 2.54. The number of nitrogens with one attached hydrogen (secondary N) is 1. The van der Waals surface area contributed by atoms with Gasteiger partial charge in [-0.25, -0.2) is 0 Å². The Bertz CT molecular complexity index is 460. The maximum absolute atomic E-state index is 12.0. The maximum atomic E-state index is 12.0. The number of rotatable bonds is 3. The molecule has 0 spiro atoms. The molecule has 1 aliphatic heterocycles. The van der Waals surface area contributed by atoms with Gasteiger partial charge in [0, 0.05) is 12.6 Å². The molecule has 1 aliphatic rings. The van der Waals surface area contributed by atoms with Crippen LogP contribution in [0.15, 0.2) is 30.3 Å². The van der Waals surface area contributed by atoms with Crippen molar-refractivity contribution in [3.8, 4) is 0 Å². The summed E-state index contributed by atoms with van der Waals surface area (Å²) in [6, 6.07) is 9.33. The van der Waals surface area contributed by atoms with Gasteiger partial charge in [0.25, 0.3) is 0 Å². The minimum absolute atomic E-state index is 0.224. The van der Waals surface area contributed by atoms with Crippen LogP contribution in [0.3, 0.4) is 0 Å². The number of carbonyl (C=O) groups is 2. The second kappa shape index (κ2) is 5.84. The molecule has 102 valence electrons. The van der Waals surface area contributed by atoms with Crippen LogP contribution in [0.2, 0.25) is 0 Å². The largest absolute Gasteiger partial charge is 0.469 e. The summed E-state index contributed by atoms with van der Waals surface area (Å²) in [5, 5.41) is 3.20. The Balaban J connectivity index is 2.29. The van der Waals surface area contributed by atoms with E-state index in [9.17, 15) is 9.59 Å². The van der Waals surface area contributed by atoms with Crippen LogP contribution in [-0.4, -0.2) is 32.7 Å². The van der Waals surface area contributed by atoms with E-state index in [0.717, 1.165) is 5.56 Å². The van der Waals surface area contributed by atoms with Crippen molar-refractivity contribution in [1.82, 2.24) is 5.32 Å². The summed E-state index contributed by atoms with van der Waals surface area (Å²) in [5.74, 6) is -1.85. The van der Waals surface area contributed by atoms with Crippen LogP contribution >= 0.6 is 0 Å². The first-order valence-corrected chi connectivity index (χ1v) is 6.13. The number of hydrogen-bond donors (Lipinski definition) is 1. The van der Waals surface area contributed by atoms with Crippen LogP contribution in [-0.2, 0) is 19.1 Å². The molecule has 5 heteroatoms. The van der Waals surface area contributed by atoms with E-state index < -0.39 is 17.8 Å². The molecular weight excluding hydrogens is 246 g/mol. The summed E-state index contributed by atoms with van der Waals surface area (Å²) in [5.41, 5.74) is 0.962. The van der Waals surface area contributed by atoms with Crippen molar-refractivity contribution in [2.24, 2.45) is 11.8 Å². The molecular formula is C14H17NO4. The van der Waals surface area contributed by atoms with Crippen LogP contribution in [0.5, 0.6) is 0 Å². The highest BCUT2D eigenvalue weighted by Crippen LogP contribution is 2.35. The van der Waals surface area contributed by atoms with Crippen LogP contribution in [0, 0.1) is 11.8 Å². The van der Waals surface area contributed by atoms with E-state index in [1.165, 1.54) is 14.2 Å². The van der Waals surface area contributed by atoms with E-state index in [4.69, 9.17) is 9.47 Å². The van der Waals surface area contributed by atoms with E-state index in [1.54, 1.807) is 0 Å². The predicted molar refractivity (Wildman–Crippen MR) is 68.2 cm³/mol. The van der Waals surface area contributed by atoms with E-state index >= 15 is 0 Å². The third-order valence-electron chi connectivity index (χ3n) is 3.49. The zero-order valence-corrected chi connectivity index (χ0v) is 11.0. The summed E-state index contributed by atoms with van der Waals surface area (Å²) < 4.78 is 9.58. The number of ether oxygens (including phenoxy) is 2. The highest BCUT2D eigenvalue weighted by molar-refractivity contribution is 5.83. The highest BCUT2D eigenvalue weighted by Gasteiger charge is 2.46. The number of esters is 2. The number of benzene rings is 1. The fraction of sp³-hybridized carbons (Fsp3) is 0.429. The second-order valence-electron chi connectivity index (χ2n) is 4.48. The average molecular weight is 263 g/mol. The SMILES string of the molecule is COC(=O)[C@@H]1[C@H](C(=O)OC)CN[C@H]1c1ccccc1. The van der Waals surface area contributed by atoms with Gasteiger partial charge in [-0.05, 0) is 5.56 Å². The van der Waals surface area contributed by atoms with Gasteiger partial charge in [0.1, 0.15) is 0 Å². The summed E-state index contributed by atoms with van der Waals surface area (Å²) in [4.78, 5) is 23.7. The number of carbonyl (C=O) groups excluding carboxylic acids is 2. The van der Waals surface area contributed by atoms with Crippen molar-refractivity contribution in [2.45, 2.75) is 6.04 Å². The third-order valence-corrected chi connectivity index (χ3v) is 3.49. The van der Waals surface area contributed by atoms with E-state index in [1.807, 2.05) is 30.3 Å². The molecule has 1 saturated heterocycles. The highest BCUT2D eigenvalue weighted by atomic mass is 16.5. The monoisotopic (exact) mass is 263 g/mol. The molecule has 5 nitrogen and oxygen atoms in total. The molecule has 0 bridgehead atoms. The molecule has 1 aromatic rings. The van der Waals surface area contributed by atoms with Crippen LogP contribution in [0.4, 0.5) is 0 Å². The molecule has 0 aliphatic carbocycles. The number of methoxy groups -OCH3 is 2. The van der Waals surface area contributed by atoms with Gasteiger partial charge in [-0.3, -0.25) is 9.59 Å². The Morgan fingerprint density at radius 1 is 1.11 bits per heavy atom. The van der Waals surface area contributed by atoms with Gasteiger partial charge in [-0.1, -0.05) is 30.3 Å². The van der Waals surface area contributed by atoms with Crippen LogP contribution in [0.25, 0.3) is 0 Å². The summed E-state index contributed by atoms with van der Waals surface area (Å²) in [6.45, 7) is 0.409. The van der Waals surface area contributed by atoms with Gasteiger partial charge >= 0.3 is 11.9 Å². The van der Waals surface area contributed by atoms with Crippen molar-refractivity contribution in [3.05, 3.63) is 35.9 Å². The predicted octanol–water partition coefficient (Wildman–Crippen LogP) is 0.909. The minimum Gasteiger partial charge on any atom is -0.469 e. The molecule has 1 N–H and O–H groups in total. The first kappa shape index (κ1) is 13.5. The minimum atomic E-state index is -0.556. The van der Waals surface area contributed by atoms with E-state index in [-0.39, 0.29) is 12.0 Å². The molecule has 0 unspecified atom stereocenters. The Morgan fingerprint density at radius 2 is 1.74 bits per heavy atom. The molecule has 1 aromatic carbocycles. The lowest BCUT2D eigenvalue weighted by atomic mass is 9.87. The lowest BCUT2D eigenvalue weighted by Gasteiger charge is -2.20. The first-order chi connectivity index (χ1) is 9.19. The lowest BCUT2D eigenvalue weighted by molar-refractivity contribution is -0.156. The number of hydrogen-bond acceptors (Lipinski definition) is 5. The van der Waals surface area contributed by atoms with Crippen molar-refractivity contribution in [3.63, 3.8) is 0 Å². The molecule has 2 rings (SSSR count). The maximum Gasteiger partial charge on any atom is 0.311 e. The van der Waals surface area contributed by atoms with E-state index in [2.05, 4.69) is 5.32 Å². The topological polar surface area (TPSA) is 64.6 Å². The Kier molecular flexibility index (Phi) is 4.16. The average Bonchev–Trinajstić information content (AvgIpc) is 2.91. The zero-order valence-electron chi connectivity index (χ0n) is 11.0. The van der Waals surface area contributed by atoms with Gasteiger partial charge in [0.05, 0.1) is 26.1 Å². The first-order valence-electron chi connectivity index (χ1n) is 6.13. The van der Waals surface area contributed by atoms with Gasteiger partial charge in [-0.15, -0.1) is 0 Å². The summed E-state index contributed by atoms with van der Waals surface area (Å²) in [6.07, 6.45) is 0. The van der Waals surface area contributed by atoms with Crippen molar-refractivity contribution >= 4 is 11.9 Å². The Labute approximate surface area is 111 Å². The third kappa shape index (κ3) is 2.61. The standard InChI is InChI=1S/C14H17NO4/c1-18-13(16)10-8-15-12(11(10)14(17)19-2)9-6-4-3-5-7-9/h3-7,10-12,15H,8H2,1-2H3/t10-,11-,12+/m1/s1. The Hall–Kier alpha value is -1.88. The normalized spacial score (nSPS) is 25.9. The van der Waals surface area contributed by atoms with Gasteiger partial charge in [0.15, 0.2) is 0 Å².